The molecule has 2 aromatic rings. The van der Waals surface area contributed by atoms with Gasteiger partial charge in [0.25, 0.3) is 0 Å². The maximum atomic E-state index is 12.7. The molecule has 0 aliphatic rings. The lowest BCUT2D eigenvalue weighted by Gasteiger charge is -2.15. The number of nitroso groups, excluding NO2 is 1. The zero-order chi connectivity index (χ0) is 23.2. The highest BCUT2D eigenvalue weighted by atomic mass is 19.4. The fraction of sp³-hybridized carbons (Fsp3) is 0.294. The lowest BCUT2D eigenvalue weighted by molar-refractivity contribution is -0.383. The zero-order valence-corrected chi connectivity index (χ0v) is 16.0. The van der Waals surface area contributed by atoms with Crippen LogP contribution in [0.25, 0.3) is 0 Å². The van der Waals surface area contributed by atoms with Crippen molar-refractivity contribution in [3.8, 4) is 0 Å². The van der Waals surface area contributed by atoms with Crippen molar-refractivity contribution < 1.29 is 27.6 Å². The van der Waals surface area contributed by atoms with Crippen molar-refractivity contribution in [1.29, 1.82) is 0 Å². The Morgan fingerprint density at radius 1 is 1.35 bits per heavy atom. The number of alkyl halides is 3. The van der Waals surface area contributed by atoms with Crippen LogP contribution >= 0.6 is 0 Å². The number of pyridine rings is 1. The molecule has 0 fully saturated rings. The van der Waals surface area contributed by atoms with Crippen molar-refractivity contribution in [2.45, 2.75) is 19.1 Å². The third-order valence-electron chi connectivity index (χ3n) is 3.94. The van der Waals surface area contributed by atoms with Crippen molar-refractivity contribution in [3.05, 3.63) is 56.5 Å². The number of halogens is 3. The van der Waals surface area contributed by atoms with Crippen molar-refractivity contribution >= 4 is 29.1 Å². The number of hydrogen-bond donors (Lipinski definition) is 3. The zero-order valence-electron chi connectivity index (χ0n) is 16.0. The Hall–Kier alpha value is -3.97. The first-order valence-electron chi connectivity index (χ1n) is 8.69. The number of rotatable bonds is 8. The molecular formula is C17H17F3N6O5. The molecule has 14 heteroatoms. The van der Waals surface area contributed by atoms with Crippen LogP contribution in [0.3, 0.4) is 0 Å². The maximum absolute atomic E-state index is 12.7. The average Bonchev–Trinajstić information content (AvgIpc) is 2.67. The first-order chi connectivity index (χ1) is 14.6. The van der Waals surface area contributed by atoms with E-state index in [0.29, 0.717) is 0 Å². The molecule has 1 heterocycles. The summed E-state index contributed by atoms with van der Waals surface area (Å²) in [6, 6.07) is 3.68. The summed E-state index contributed by atoms with van der Waals surface area (Å²) in [4.78, 5) is 37.0. The van der Waals surface area contributed by atoms with E-state index >= 15 is 0 Å². The van der Waals surface area contributed by atoms with E-state index < -0.39 is 40.3 Å². The SMILES string of the molecule is CCOC(=O)Nc1cc(NCC(N=O)c2ccc(C(F)(F)F)cc2)c([N+](=O)[O-])c(N)n1. The molecule has 0 bridgehead atoms. The Balaban J connectivity index is 2.26. The third kappa shape index (κ3) is 6.01. The van der Waals surface area contributed by atoms with E-state index in [4.69, 9.17) is 5.73 Å². The number of nitrogen functional groups attached to an aromatic ring is 1. The number of nitrogens with one attached hydrogen (secondary N) is 2. The van der Waals surface area contributed by atoms with Gasteiger partial charge >= 0.3 is 18.0 Å². The predicted molar refractivity (Wildman–Crippen MR) is 104 cm³/mol. The number of ether oxygens (including phenoxy) is 1. The van der Waals surface area contributed by atoms with Gasteiger partial charge in [0, 0.05) is 12.6 Å². The number of hydrogen-bond acceptors (Lipinski definition) is 9. The standard InChI is InChI=1S/C17H17F3N6O5/c1-2-31-16(27)24-13-7-11(14(26(29)30)15(21)23-13)22-8-12(25-28)9-3-5-10(6-4-9)17(18,19)20/h3-7,12H,2,8H2,1H3,(H4,21,22,23,24,27). The number of carbonyl (C=O) groups is 1. The molecule has 0 saturated carbocycles. The van der Waals surface area contributed by atoms with Gasteiger partial charge in [0.15, 0.2) is 0 Å². The van der Waals surface area contributed by atoms with Crippen molar-refractivity contribution in [2.24, 2.45) is 5.18 Å². The van der Waals surface area contributed by atoms with Crippen LogP contribution in [-0.2, 0) is 10.9 Å². The van der Waals surface area contributed by atoms with Crippen molar-refractivity contribution in [2.75, 3.05) is 29.5 Å². The van der Waals surface area contributed by atoms with Crippen LogP contribution in [0.4, 0.5) is 41.0 Å². The van der Waals surface area contributed by atoms with Crippen LogP contribution in [-0.4, -0.2) is 29.2 Å². The Bertz CT molecular complexity index is 968. The van der Waals surface area contributed by atoms with Gasteiger partial charge in [-0.1, -0.05) is 17.3 Å². The lowest BCUT2D eigenvalue weighted by Crippen LogP contribution is -2.17. The van der Waals surface area contributed by atoms with E-state index in [2.05, 4.69) is 25.5 Å². The smallest absolute Gasteiger partial charge is 0.416 e. The number of anilines is 3. The van der Waals surface area contributed by atoms with E-state index in [1.807, 2.05) is 0 Å². The van der Waals surface area contributed by atoms with E-state index in [0.717, 1.165) is 30.3 Å². The summed E-state index contributed by atoms with van der Waals surface area (Å²) >= 11 is 0. The number of amides is 1. The van der Waals surface area contributed by atoms with Crippen LogP contribution < -0.4 is 16.4 Å². The molecule has 1 unspecified atom stereocenters. The van der Waals surface area contributed by atoms with Crippen LogP contribution in [0.2, 0.25) is 0 Å². The molecule has 4 N–H and O–H groups in total. The summed E-state index contributed by atoms with van der Waals surface area (Å²) in [7, 11) is 0. The minimum absolute atomic E-state index is 0.0687. The van der Waals surface area contributed by atoms with E-state index in [-0.39, 0.29) is 30.2 Å². The first-order valence-corrected chi connectivity index (χ1v) is 8.69. The Labute approximate surface area is 172 Å². The van der Waals surface area contributed by atoms with Gasteiger partial charge in [-0.05, 0) is 24.6 Å². The summed E-state index contributed by atoms with van der Waals surface area (Å²) in [5.74, 6) is -0.680. The Kier molecular flexibility index (Phi) is 7.28. The van der Waals surface area contributed by atoms with Crippen molar-refractivity contribution in [3.63, 3.8) is 0 Å². The average molecular weight is 442 g/mol. The molecular weight excluding hydrogens is 425 g/mol. The van der Waals surface area contributed by atoms with Crippen LogP contribution in [0.15, 0.2) is 35.5 Å². The van der Waals surface area contributed by atoms with Gasteiger partial charge in [0.2, 0.25) is 5.82 Å². The monoisotopic (exact) mass is 442 g/mol. The molecule has 1 aromatic carbocycles. The summed E-state index contributed by atoms with van der Waals surface area (Å²) in [5.41, 5.74) is 4.05. The summed E-state index contributed by atoms with van der Waals surface area (Å²) in [5, 5.41) is 19.0. The number of nitrogens with two attached hydrogens (primary N) is 1. The molecule has 11 nitrogen and oxygen atoms in total. The summed E-state index contributed by atoms with van der Waals surface area (Å²) in [6.07, 6.45) is -5.41. The largest absolute Gasteiger partial charge is 0.450 e. The molecule has 2 rings (SSSR count). The fourth-order valence-electron chi connectivity index (χ4n) is 2.54. The molecule has 0 aliphatic carbocycles. The Morgan fingerprint density at radius 2 is 2.00 bits per heavy atom. The summed E-state index contributed by atoms with van der Waals surface area (Å²) < 4.78 is 42.8. The van der Waals surface area contributed by atoms with E-state index in [9.17, 15) is 33.0 Å². The normalized spacial score (nSPS) is 12.0. The molecule has 0 saturated heterocycles. The van der Waals surface area contributed by atoms with Gasteiger partial charge in [0.05, 0.1) is 17.1 Å². The first kappa shape index (κ1) is 23.3. The molecule has 31 heavy (non-hydrogen) atoms. The second-order valence-corrected chi connectivity index (χ2v) is 6.01. The van der Waals surface area contributed by atoms with Gasteiger partial charge in [-0.2, -0.15) is 18.1 Å². The van der Waals surface area contributed by atoms with Gasteiger partial charge in [0.1, 0.15) is 17.5 Å². The minimum Gasteiger partial charge on any atom is -0.450 e. The predicted octanol–water partition coefficient (Wildman–Crippen LogP) is 4.08. The number of benzene rings is 1. The molecule has 1 aromatic heterocycles. The molecule has 1 amide bonds. The van der Waals surface area contributed by atoms with Gasteiger partial charge in [-0.25, -0.2) is 9.78 Å². The topological polar surface area (TPSA) is 162 Å². The molecule has 166 valence electrons. The fourth-order valence-corrected chi connectivity index (χ4v) is 2.54. The number of aromatic nitrogens is 1. The quantitative estimate of drug-likeness (QED) is 0.313. The second-order valence-electron chi connectivity index (χ2n) is 6.01. The van der Waals surface area contributed by atoms with Crippen LogP contribution in [0.1, 0.15) is 24.1 Å². The lowest BCUT2D eigenvalue weighted by atomic mass is 10.0. The van der Waals surface area contributed by atoms with Gasteiger partial charge in [-0.3, -0.25) is 15.4 Å². The van der Waals surface area contributed by atoms with Crippen LogP contribution in [0, 0.1) is 15.0 Å². The maximum Gasteiger partial charge on any atom is 0.416 e. The highest BCUT2D eigenvalue weighted by molar-refractivity contribution is 5.86. The van der Waals surface area contributed by atoms with Crippen LogP contribution in [0.5, 0.6) is 0 Å². The summed E-state index contributed by atoms with van der Waals surface area (Å²) in [6.45, 7) is 1.33. The minimum atomic E-state index is -4.54. The number of carbonyl (C=O) groups excluding carboxylic acids is 1. The van der Waals surface area contributed by atoms with E-state index in [1.54, 1.807) is 6.92 Å². The third-order valence-corrected chi connectivity index (χ3v) is 3.94. The molecule has 0 aliphatic heterocycles. The highest BCUT2D eigenvalue weighted by Gasteiger charge is 2.30. The Morgan fingerprint density at radius 3 is 2.52 bits per heavy atom. The number of nitro groups is 1. The van der Waals surface area contributed by atoms with Gasteiger partial charge < -0.3 is 15.8 Å². The molecule has 0 spiro atoms. The van der Waals surface area contributed by atoms with Gasteiger partial charge in [-0.15, -0.1) is 0 Å². The second kappa shape index (κ2) is 9.69. The van der Waals surface area contributed by atoms with E-state index in [1.165, 1.54) is 0 Å². The molecule has 0 radical (unpaired) electrons. The highest BCUT2D eigenvalue weighted by Crippen LogP contribution is 2.34. The van der Waals surface area contributed by atoms with Crippen molar-refractivity contribution in [1.82, 2.24) is 4.98 Å². The number of nitrogens with zero attached hydrogens (tertiary/aromatic N) is 3. The molecule has 1 atom stereocenters.